The molecule has 1 aliphatic carbocycles. The lowest BCUT2D eigenvalue weighted by molar-refractivity contribution is 0.292. The van der Waals surface area contributed by atoms with Crippen LogP contribution in [0.2, 0.25) is 0 Å². The molecule has 3 rings (SSSR count). The van der Waals surface area contributed by atoms with E-state index in [0.29, 0.717) is 0 Å². The average molecular weight is 264 g/mol. The highest BCUT2D eigenvalue weighted by molar-refractivity contribution is 6.18. The van der Waals surface area contributed by atoms with Crippen LogP contribution in [0.25, 0.3) is 0 Å². The van der Waals surface area contributed by atoms with Gasteiger partial charge in [-0.05, 0) is 55.2 Å². The molecule has 1 aromatic carbocycles. The van der Waals surface area contributed by atoms with Crippen LogP contribution in [0, 0.1) is 5.92 Å². The summed E-state index contributed by atoms with van der Waals surface area (Å²) in [5, 5.41) is 0. The first-order valence-electron chi connectivity index (χ1n) is 7.23. The van der Waals surface area contributed by atoms with Crippen molar-refractivity contribution >= 4 is 11.6 Å². The normalized spacial score (nSPS) is 28.3. The summed E-state index contributed by atoms with van der Waals surface area (Å²) in [6, 6.07) is 9.03. The largest absolute Gasteiger partial charge is 0.302 e. The average Bonchev–Trinajstić information content (AvgIpc) is 2.87. The van der Waals surface area contributed by atoms with Gasteiger partial charge in [0.1, 0.15) is 0 Å². The number of hydrogen-bond donors (Lipinski definition) is 0. The zero-order valence-electron chi connectivity index (χ0n) is 10.9. The number of benzene rings is 1. The summed E-state index contributed by atoms with van der Waals surface area (Å²) in [5.74, 6) is 2.31. The van der Waals surface area contributed by atoms with Gasteiger partial charge in [0, 0.05) is 19.0 Å². The van der Waals surface area contributed by atoms with Crippen molar-refractivity contribution in [1.29, 1.82) is 0 Å². The predicted octanol–water partition coefficient (Wildman–Crippen LogP) is 3.67. The first-order valence-corrected chi connectivity index (χ1v) is 7.76. The minimum atomic E-state index is 0.727. The van der Waals surface area contributed by atoms with Crippen LogP contribution < -0.4 is 0 Å². The number of aryl methyl sites for hydroxylation is 1. The van der Waals surface area contributed by atoms with E-state index >= 15 is 0 Å². The molecule has 2 heteroatoms. The number of rotatable bonds is 3. The number of halogens is 1. The summed E-state index contributed by atoms with van der Waals surface area (Å²) in [6.45, 7) is 3.70. The van der Waals surface area contributed by atoms with E-state index in [-0.39, 0.29) is 0 Å². The second-order valence-electron chi connectivity index (χ2n) is 5.86. The standard InChI is InChI=1S/C16H22ClN/c17-10-13-8-9-18(11-13)12-15-6-3-5-14-4-1-2-7-16(14)15/h1-2,4,7,13,15H,3,5-6,8-12H2. The molecular weight excluding hydrogens is 242 g/mol. The van der Waals surface area contributed by atoms with Crippen molar-refractivity contribution in [3.8, 4) is 0 Å². The van der Waals surface area contributed by atoms with Crippen LogP contribution in [0.15, 0.2) is 24.3 Å². The number of hydrogen-bond acceptors (Lipinski definition) is 1. The van der Waals surface area contributed by atoms with Gasteiger partial charge in [0.05, 0.1) is 0 Å². The monoisotopic (exact) mass is 263 g/mol. The van der Waals surface area contributed by atoms with E-state index in [1.807, 2.05) is 0 Å². The topological polar surface area (TPSA) is 3.24 Å². The van der Waals surface area contributed by atoms with Crippen molar-refractivity contribution in [1.82, 2.24) is 4.90 Å². The van der Waals surface area contributed by atoms with Gasteiger partial charge in [-0.1, -0.05) is 24.3 Å². The molecule has 0 radical (unpaired) electrons. The molecule has 2 unspecified atom stereocenters. The van der Waals surface area contributed by atoms with Gasteiger partial charge >= 0.3 is 0 Å². The van der Waals surface area contributed by atoms with E-state index in [1.165, 1.54) is 45.3 Å². The Labute approximate surface area is 115 Å². The molecule has 1 aromatic rings. The van der Waals surface area contributed by atoms with E-state index in [1.54, 1.807) is 11.1 Å². The summed E-state index contributed by atoms with van der Waals surface area (Å²) in [7, 11) is 0. The lowest BCUT2D eigenvalue weighted by Crippen LogP contribution is -2.28. The maximum atomic E-state index is 5.97. The number of alkyl halides is 1. The number of fused-ring (bicyclic) bond motifs is 1. The Bertz CT molecular complexity index is 404. The van der Waals surface area contributed by atoms with Gasteiger partial charge in [-0.3, -0.25) is 0 Å². The Morgan fingerprint density at radius 1 is 1.22 bits per heavy atom. The molecule has 1 saturated heterocycles. The molecular formula is C16H22ClN. The van der Waals surface area contributed by atoms with Gasteiger partial charge in [-0.2, -0.15) is 0 Å². The molecule has 18 heavy (non-hydrogen) atoms. The fraction of sp³-hybridized carbons (Fsp3) is 0.625. The highest BCUT2D eigenvalue weighted by Crippen LogP contribution is 2.33. The van der Waals surface area contributed by atoms with Gasteiger partial charge in [-0.15, -0.1) is 11.6 Å². The Hall–Kier alpha value is -0.530. The van der Waals surface area contributed by atoms with Crippen molar-refractivity contribution in [2.75, 3.05) is 25.5 Å². The molecule has 0 amide bonds. The minimum absolute atomic E-state index is 0.727. The van der Waals surface area contributed by atoms with E-state index in [9.17, 15) is 0 Å². The van der Waals surface area contributed by atoms with Gasteiger partial charge in [-0.25, -0.2) is 0 Å². The van der Waals surface area contributed by atoms with Crippen LogP contribution >= 0.6 is 11.6 Å². The van der Waals surface area contributed by atoms with E-state index < -0.39 is 0 Å². The SMILES string of the molecule is ClCC1CCN(CC2CCCc3ccccc32)C1. The maximum Gasteiger partial charge on any atom is 0.0264 e. The van der Waals surface area contributed by atoms with Crippen molar-refractivity contribution < 1.29 is 0 Å². The summed E-state index contributed by atoms with van der Waals surface area (Å²) >= 11 is 5.97. The van der Waals surface area contributed by atoms with Crippen molar-refractivity contribution in [2.45, 2.75) is 31.6 Å². The highest BCUT2D eigenvalue weighted by Gasteiger charge is 2.26. The van der Waals surface area contributed by atoms with Gasteiger partial charge in [0.2, 0.25) is 0 Å². The zero-order valence-corrected chi connectivity index (χ0v) is 11.7. The molecule has 0 saturated carbocycles. The van der Waals surface area contributed by atoms with Crippen LogP contribution in [-0.2, 0) is 6.42 Å². The fourth-order valence-electron chi connectivity index (χ4n) is 3.56. The number of likely N-dealkylation sites (tertiary alicyclic amines) is 1. The summed E-state index contributed by atoms with van der Waals surface area (Å²) < 4.78 is 0. The second kappa shape index (κ2) is 5.63. The highest BCUT2D eigenvalue weighted by atomic mass is 35.5. The first kappa shape index (κ1) is 12.5. The molecule has 1 fully saturated rings. The molecule has 0 N–H and O–H groups in total. The molecule has 2 atom stereocenters. The predicted molar refractivity (Wildman–Crippen MR) is 77.4 cm³/mol. The van der Waals surface area contributed by atoms with Crippen LogP contribution in [0.5, 0.6) is 0 Å². The third-order valence-corrected chi connectivity index (χ3v) is 5.00. The second-order valence-corrected chi connectivity index (χ2v) is 6.17. The smallest absolute Gasteiger partial charge is 0.0264 e. The molecule has 0 spiro atoms. The molecule has 1 aliphatic heterocycles. The minimum Gasteiger partial charge on any atom is -0.302 e. The molecule has 0 bridgehead atoms. The van der Waals surface area contributed by atoms with Crippen LogP contribution in [0.3, 0.4) is 0 Å². The van der Waals surface area contributed by atoms with E-state index in [4.69, 9.17) is 11.6 Å². The zero-order chi connectivity index (χ0) is 12.4. The molecule has 1 heterocycles. The van der Waals surface area contributed by atoms with Crippen LogP contribution in [-0.4, -0.2) is 30.4 Å². The van der Waals surface area contributed by atoms with Gasteiger partial charge < -0.3 is 4.90 Å². The quantitative estimate of drug-likeness (QED) is 0.753. The van der Waals surface area contributed by atoms with Gasteiger partial charge in [0.15, 0.2) is 0 Å². The van der Waals surface area contributed by atoms with Crippen molar-refractivity contribution in [2.24, 2.45) is 5.92 Å². The van der Waals surface area contributed by atoms with E-state index in [2.05, 4.69) is 29.2 Å². The Kier molecular flexibility index (Phi) is 3.91. The molecule has 0 aromatic heterocycles. The first-order chi connectivity index (χ1) is 8.86. The Morgan fingerprint density at radius 3 is 2.94 bits per heavy atom. The van der Waals surface area contributed by atoms with Crippen molar-refractivity contribution in [3.05, 3.63) is 35.4 Å². The number of nitrogens with zero attached hydrogens (tertiary/aromatic N) is 1. The van der Waals surface area contributed by atoms with Crippen LogP contribution in [0.4, 0.5) is 0 Å². The molecule has 1 nitrogen and oxygen atoms in total. The summed E-state index contributed by atoms with van der Waals surface area (Å²) in [4.78, 5) is 2.62. The lowest BCUT2D eigenvalue weighted by atomic mass is 9.82. The third-order valence-electron chi connectivity index (χ3n) is 4.56. The molecule has 2 aliphatic rings. The fourth-order valence-corrected chi connectivity index (χ4v) is 3.81. The lowest BCUT2D eigenvalue weighted by Gasteiger charge is -2.29. The third kappa shape index (κ3) is 2.57. The van der Waals surface area contributed by atoms with E-state index in [0.717, 1.165) is 17.7 Å². The summed E-state index contributed by atoms with van der Waals surface area (Å²) in [5.41, 5.74) is 3.19. The van der Waals surface area contributed by atoms with Crippen LogP contribution in [0.1, 0.15) is 36.3 Å². The Morgan fingerprint density at radius 2 is 2.11 bits per heavy atom. The van der Waals surface area contributed by atoms with Crippen molar-refractivity contribution in [3.63, 3.8) is 0 Å². The van der Waals surface area contributed by atoms with Gasteiger partial charge in [0.25, 0.3) is 0 Å². The summed E-state index contributed by atoms with van der Waals surface area (Å²) in [6.07, 6.45) is 5.28. The Balaban J connectivity index is 1.67. The maximum absolute atomic E-state index is 5.97. The molecule has 98 valence electrons.